The van der Waals surface area contributed by atoms with Gasteiger partial charge in [0.1, 0.15) is 0 Å². The first-order valence-electron chi connectivity index (χ1n) is 5.66. The highest BCUT2D eigenvalue weighted by molar-refractivity contribution is 6.46. The molecule has 1 rings (SSSR count). The molecule has 0 fully saturated rings. The molecule has 0 atom stereocenters. The molecule has 0 aliphatic rings. The Morgan fingerprint density at radius 2 is 1.94 bits per heavy atom. The van der Waals surface area contributed by atoms with Crippen LogP contribution in [0.4, 0.5) is 0 Å². The molecule has 0 unspecified atom stereocenters. The molecule has 17 heavy (non-hydrogen) atoms. The predicted octanol–water partition coefficient (Wildman–Crippen LogP) is 0.117. The van der Waals surface area contributed by atoms with E-state index < -0.39 is 11.2 Å². The molecule has 0 saturated heterocycles. The third kappa shape index (κ3) is 3.80. The van der Waals surface area contributed by atoms with Gasteiger partial charge in [0, 0.05) is 12.4 Å². The van der Waals surface area contributed by atoms with E-state index in [1.807, 2.05) is 19.9 Å². The first-order valence-corrected chi connectivity index (χ1v) is 5.66. The van der Waals surface area contributed by atoms with Crippen LogP contribution in [0.2, 0.25) is 0 Å². The van der Waals surface area contributed by atoms with Crippen LogP contribution in [0.5, 0.6) is 0 Å². The number of hydrogen-bond donors (Lipinski definition) is 2. The van der Waals surface area contributed by atoms with Gasteiger partial charge in [-0.15, -0.1) is 0 Å². The highest BCUT2D eigenvalue weighted by Gasteiger charge is 2.35. The van der Waals surface area contributed by atoms with E-state index in [1.165, 1.54) is 0 Å². The van der Waals surface area contributed by atoms with Gasteiger partial charge in [-0.05, 0) is 38.7 Å². The number of pyridine rings is 1. The summed E-state index contributed by atoms with van der Waals surface area (Å²) in [5.41, 5.74) is 0.0677. The fourth-order valence-electron chi connectivity index (χ4n) is 1.15. The lowest BCUT2D eigenvalue weighted by Crippen LogP contribution is -2.49. The minimum Gasteiger partial charge on any atom is -0.427 e. The van der Waals surface area contributed by atoms with E-state index in [0.717, 1.165) is 11.0 Å². The maximum absolute atomic E-state index is 9.94. The van der Waals surface area contributed by atoms with E-state index in [9.17, 15) is 5.11 Å². The Bertz CT molecular complexity index is 374. The second kappa shape index (κ2) is 5.17. The van der Waals surface area contributed by atoms with Gasteiger partial charge in [-0.25, -0.2) is 0 Å². The standard InChI is InChI=1S/C12H20BNO3/c1-11(2,16)12(3,4)17-13-10-5-9(8-15)6-14-7-10/h5-7,13,15-16H,8H2,1-4H3. The first kappa shape index (κ1) is 14.2. The van der Waals surface area contributed by atoms with Crippen molar-refractivity contribution in [2.24, 2.45) is 0 Å². The van der Waals surface area contributed by atoms with Gasteiger partial charge in [-0.1, -0.05) is 6.07 Å². The number of aliphatic hydroxyl groups excluding tert-OH is 1. The highest BCUT2D eigenvalue weighted by Crippen LogP contribution is 2.24. The van der Waals surface area contributed by atoms with Crippen molar-refractivity contribution in [1.82, 2.24) is 4.98 Å². The molecule has 0 aliphatic heterocycles. The van der Waals surface area contributed by atoms with Crippen LogP contribution in [-0.2, 0) is 11.3 Å². The Labute approximate surface area is 103 Å². The molecule has 1 aromatic heterocycles. The monoisotopic (exact) mass is 237 g/mol. The molecular formula is C12H20BNO3. The van der Waals surface area contributed by atoms with Gasteiger partial charge in [0.25, 0.3) is 0 Å². The Kier molecular flexibility index (Phi) is 4.30. The Morgan fingerprint density at radius 3 is 2.47 bits per heavy atom. The first-order chi connectivity index (χ1) is 7.76. The number of aromatic nitrogens is 1. The average Bonchev–Trinajstić information content (AvgIpc) is 2.25. The summed E-state index contributed by atoms with van der Waals surface area (Å²) in [4.78, 5) is 4.02. The molecule has 0 aromatic carbocycles. The van der Waals surface area contributed by atoms with Crippen LogP contribution in [-0.4, -0.2) is 33.9 Å². The van der Waals surface area contributed by atoms with Crippen LogP contribution in [0.15, 0.2) is 18.5 Å². The Morgan fingerprint density at radius 1 is 1.29 bits per heavy atom. The minimum atomic E-state index is -0.922. The normalized spacial score (nSPS) is 12.6. The zero-order valence-electron chi connectivity index (χ0n) is 10.9. The molecule has 0 aliphatic carbocycles. The van der Waals surface area contributed by atoms with Crippen molar-refractivity contribution in [2.45, 2.75) is 45.5 Å². The SMILES string of the molecule is CC(C)(O)C(C)(C)OBc1cncc(CO)c1. The van der Waals surface area contributed by atoms with Crippen molar-refractivity contribution in [3.05, 3.63) is 24.0 Å². The third-order valence-electron chi connectivity index (χ3n) is 3.11. The van der Waals surface area contributed by atoms with E-state index >= 15 is 0 Å². The molecule has 94 valence electrons. The van der Waals surface area contributed by atoms with Gasteiger partial charge < -0.3 is 14.9 Å². The molecule has 0 bridgehead atoms. The largest absolute Gasteiger partial charge is 0.427 e. The van der Waals surface area contributed by atoms with E-state index in [1.54, 1.807) is 26.2 Å². The highest BCUT2D eigenvalue weighted by atomic mass is 16.5. The quantitative estimate of drug-likeness (QED) is 0.714. The van der Waals surface area contributed by atoms with Crippen molar-refractivity contribution in [2.75, 3.05) is 0 Å². The van der Waals surface area contributed by atoms with Crippen molar-refractivity contribution in [1.29, 1.82) is 0 Å². The fourth-order valence-corrected chi connectivity index (χ4v) is 1.15. The Balaban J connectivity index is 2.67. The molecule has 0 radical (unpaired) electrons. The summed E-state index contributed by atoms with van der Waals surface area (Å²) in [6.07, 6.45) is 3.31. The average molecular weight is 237 g/mol. The second-order valence-electron chi connectivity index (χ2n) is 5.22. The molecule has 2 N–H and O–H groups in total. The molecule has 0 spiro atoms. The summed E-state index contributed by atoms with van der Waals surface area (Å²) < 4.78 is 5.71. The summed E-state index contributed by atoms with van der Waals surface area (Å²) >= 11 is 0. The van der Waals surface area contributed by atoms with Crippen LogP contribution < -0.4 is 5.46 Å². The van der Waals surface area contributed by atoms with Crippen molar-refractivity contribution in [3.63, 3.8) is 0 Å². The summed E-state index contributed by atoms with van der Waals surface area (Å²) in [7, 11) is 0.359. The topological polar surface area (TPSA) is 62.6 Å². The van der Waals surface area contributed by atoms with Crippen LogP contribution >= 0.6 is 0 Å². The van der Waals surface area contributed by atoms with Crippen molar-refractivity contribution < 1.29 is 14.9 Å². The zero-order valence-corrected chi connectivity index (χ0v) is 10.9. The lowest BCUT2D eigenvalue weighted by Gasteiger charge is -2.37. The smallest absolute Gasteiger partial charge is 0.311 e. The molecular weight excluding hydrogens is 217 g/mol. The molecule has 5 heteroatoms. The number of rotatable bonds is 5. The number of hydrogen-bond acceptors (Lipinski definition) is 4. The fraction of sp³-hybridized carbons (Fsp3) is 0.583. The Hall–Kier alpha value is -0.905. The summed E-state index contributed by atoms with van der Waals surface area (Å²) in [6.45, 7) is 7.09. The van der Waals surface area contributed by atoms with Gasteiger partial charge in [0.2, 0.25) is 0 Å². The molecule has 4 nitrogen and oxygen atoms in total. The molecule has 0 saturated carbocycles. The number of aliphatic hydroxyl groups is 2. The predicted molar refractivity (Wildman–Crippen MR) is 68.4 cm³/mol. The van der Waals surface area contributed by atoms with Gasteiger partial charge >= 0.3 is 7.48 Å². The maximum atomic E-state index is 9.94. The third-order valence-corrected chi connectivity index (χ3v) is 3.11. The van der Waals surface area contributed by atoms with Crippen LogP contribution in [0.3, 0.4) is 0 Å². The number of nitrogens with zero attached hydrogens (tertiary/aromatic N) is 1. The van der Waals surface area contributed by atoms with Gasteiger partial charge in [0.05, 0.1) is 17.8 Å². The van der Waals surface area contributed by atoms with Crippen molar-refractivity contribution >= 4 is 12.9 Å². The molecule has 1 heterocycles. The summed E-state index contributed by atoms with van der Waals surface area (Å²) in [5, 5.41) is 18.9. The second-order valence-corrected chi connectivity index (χ2v) is 5.22. The van der Waals surface area contributed by atoms with E-state index in [0.29, 0.717) is 7.48 Å². The van der Waals surface area contributed by atoms with Crippen LogP contribution in [0, 0.1) is 0 Å². The van der Waals surface area contributed by atoms with E-state index in [4.69, 9.17) is 9.76 Å². The summed E-state index contributed by atoms with van der Waals surface area (Å²) in [5.74, 6) is 0. The van der Waals surface area contributed by atoms with Gasteiger partial charge in [-0.2, -0.15) is 0 Å². The molecule has 0 amide bonds. The van der Waals surface area contributed by atoms with E-state index in [2.05, 4.69) is 4.98 Å². The van der Waals surface area contributed by atoms with E-state index in [-0.39, 0.29) is 6.61 Å². The van der Waals surface area contributed by atoms with Gasteiger partial charge in [0.15, 0.2) is 0 Å². The maximum Gasteiger partial charge on any atom is 0.311 e. The summed E-state index contributed by atoms with van der Waals surface area (Å²) in [6, 6.07) is 1.84. The van der Waals surface area contributed by atoms with Crippen molar-refractivity contribution in [3.8, 4) is 0 Å². The molecule has 1 aromatic rings. The van der Waals surface area contributed by atoms with Gasteiger partial charge in [-0.3, -0.25) is 4.98 Å². The van der Waals surface area contributed by atoms with Crippen LogP contribution in [0.25, 0.3) is 0 Å². The lowest BCUT2D eigenvalue weighted by atomic mass is 9.83. The van der Waals surface area contributed by atoms with Crippen LogP contribution in [0.1, 0.15) is 33.3 Å². The zero-order chi connectivity index (χ0) is 13.1. The lowest BCUT2D eigenvalue weighted by molar-refractivity contribution is -0.0893. The minimum absolute atomic E-state index is 0.0320.